The van der Waals surface area contributed by atoms with E-state index in [0.29, 0.717) is 5.92 Å². The third-order valence-electron chi connectivity index (χ3n) is 4.76. The normalized spacial score (nSPS) is 35.9. The molecular weight excluding hydrogens is 262 g/mol. The summed E-state index contributed by atoms with van der Waals surface area (Å²) < 4.78 is 11.2. The molecule has 7 heteroatoms. The first-order valence-electron chi connectivity index (χ1n) is 7.37. The first kappa shape index (κ1) is 12.4. The molecule has 4 aliphatic rings. The third-order valence-corrected chi connectivity index (χ3v) is 4.76. The van der Waals surface area contributed by atoms with Crippen LogP contribution >= 0.6 is 0 Å². The number of nitro groups is 1. The van der Waals surface area contributed by atoms with Gasteiger partial charge in [0.2, 0.25) is 0 Å². The average Bonchev–Trinajstić information content (AvgIpc) is 3.12. The maximum atomic E-state index is 11.5. The lowest BCUT2D eigenvalue weighted by molar-refractivity contribution is -0.443. The van der Waals surface area contributed by atoms with Gasteiger partial charge >= 0.3 is 5.70 Å². The highest BCUT2D eigenvalue weighted by Gasteiger charge is 2.50. The van der Waals surface area contributed by atoms with Crippen LogP contribution in [0.25, 0.3) is 0 Å². The molecule has 0 saturated carbocycles. The van der Waals surface area contributed by atoms with Gasteiger partial charge in [-0.2, -0.15) is 0 Å². The van der Waals surface area contributed by atoms with Crippen LogP contribution < -0.4 is 0 Å². The molecule has 0 aromatic heterocycles. The van der Waals surface area contributed by atoms with Crippen molar-refractivity contribution in [2.75, 3.05) is 32.8 Å². The van der Waals surface area contributed by atoms with Gasteiger partial charge in [0.25, 0.3) is 0 Å². The van der Waals surface area contributed by atoms with E-state index >= 15 is 0 Å². The number of ether oxygens (including phenoxy) is 2. The molecule has 3 atom stereocenters. The highest BCUT2D eigenvalue weighted by molar-refractivity contribution is 5.20. The van der Waals surface area contributed by atoms with Crippen LogP contribution in [0.1, 0.15) is 19.3 Å². The van der Waals surface area contributed by atoms with Crippen molar-refractivity contribution in [3.05, 3.63) is 21.6 Å². The van der Waals surface area contributed by atoms with Crippen LogP contribution in [0.5, 0.6) is 0 Å². The minimum Gasteiger partial charge on any atom is -0.381 e. The number of rotatable bonds is 3. The van der Waals surface area contributed by atoms with Gasteiger partial charge in [-0.15, -0.1) is 0 Å². The molecule has 0 spiro atoms. The van der Waals surface area contributed by atoms with E-state index in [1.165, 1.54) is 0 Å². The molecule has 4 rings (SSSR count). The highest BCUT2D eigenvalue weighted by atomic mass is 16.6. The first-order chi connectivity index (χ1) is 9.74. The van der Waals surface area contributed by atoms with E-state index in [9.17, 15) is 10.1 Å². The van der Waals surface area contributed by atoms with E-state index in [0.717, 1.165) is 57.9 Å². The van der Waals surface area contributed by atoms with Crippen molar-refractivity contribution in [3.8, 4) is 0 Å². The number of hydrogen-bond acceptors (Lipinski definition) is 6. The Morgan fingerprint density at radius 2 is 2.20 bits per heavy atom. The summed E-state index contributed by atoms with van der Waals surface area (Å²) in [6.45, 7) is 4.15. The van der Waals surface area contributed by atoms with Crippen molar-refractivity contribution in [3.63, 3.8) is 0 Å². The second kappa shape index (κ2) is 4.60. The predicted octanol–water partition coefficient (Wildman–Crippen LogP) is 0.605. The van der Waals surface area contributed by atoms with Gasteiger partial charge < -0.3 is 19.3 Å². The maximum Gasteiger partial charge on any atom is 0.314 e. The third kappa shape index (κ3) is 1.80. The Hall–Kier alpha value is -1.34. The van der Waals surface area contributed by atoms with E-state index in [1.807, 2.05) is 0 Å². The zero-order valence-electron chi connectivity index (χ0n) is 11.4. The van der Waals surface area contributed by atoms with E-state index in [1.54, 1.807) is 0 Å². The minimum atomic E-state index is -0.318. The molecule has 3 fully saturated rings. The summed E-state index contributed by atoms with van der Waals surface area (Å²) >= 11 is 0. The Labute approximate surface area is 117 Å². The fraction of sp³-hybridized carbons (Fsp3) is 0.846. The van der Waals surface area contributed by atoms with Gasteiger partial charge in [0.1, 0.15) is 6.23 Å². The van der Waals surface area contributed by atoms with Crippen LogP contribution in [0.4, 0.5) is 0 Å². The molecule has 7 nitrogen and oxygen atoms in total. The Bertz CT molecular complexity index is 461. The van der Waals surface area contributed by atoms with Gasteiger partial charge in [-0.05, 0) is 19.3 Å². The molecule has 3 saturated heterocycles. The molecule has 110 valence electrons. The lowest BCUT2D eigenvalue weighted by Gasteiger charge is -2.33. The summed E-state index contributed by atoms with van der Waals surface area (Å²) in [7, 11) is 0. The Morgan fingerprint density at radius 1 is 1.30 bits per heavy atom. The van der Waals surface area contributed by atoms with Gasteiger partial charge in [0.15, 0.2) is 11.9 Å². The van der Waals surface area contributed by atoms with Crippen LogP contribution in [0.3, 0.4) is 0 Å². The molecule has 0 aromatic carbocycles. The minimum absolute atomic E-state index is 0.0449. The summed E-state index contributed by atoms with van der Waals surface area (Å²) in [5.41, 5.74) is 0.273. The molecule has 20 heavy (non-hydrogen) atoms. The molecular formula is C13H19N3O4. The summed E-state index contributed by atoms with van der Waals surface area (Å²) in [6.07, 6.45) is 2.44. The van der Waals surface area contributed by atoms with E-state index in [2.05, 4.69) is 9.80 Å². The number of hydrogen-bond donors (Lipinski definition) is 0. The summed E-state index contributed by atoms with van der Waals surface area (Å²) in [6, 6.07) is 0. The largest absolute Gasteiger partial charge is 0.381 e. The van der Waals surface area contributed by atoms with Gasteiger partial charge in [-0.3, -0.25) is 10.1 Å². The van der Waals surface area contributed by atoms with E-state index < -0.39 is 0 Å². The highest BCUT2D eigenvalue weighted by Crippen LogP contribution is 2.41. The standard InChI is InChI=1S/C13H19N3O4/c17-16(18)12-10-1-2-11(20-10)15-5-4-14(13(12)15)7-9-3-6-19-8-9/h9-11H,1-8H2/t9?,10-,11+/m1/s1. The quantitative estimate of drug-likeness (QED) is 0.557. The zero-order chi connectivity index (χ0) is 13.7. The maximum absolute atomic E-state index is 11.5. The summed E-state index contributed by atoms with van der Waals surface area (Å²) in [5, 5.41) is 11.5. The van der Waals surface area contributed by atoms with Gasteiger partial charge in [0, 0.05) is 32.2 Å². The molecule has 0 aliphatic carbocycles. The lowest BCUT2D eigenvalue weighted by atomic mass is 10.1. The first-order valence-corrected chi connectivity index (χ1v) is 7.37. The van der Waals surface area contributed by atoms with Crippen LogP contribution in [-0.2, 0) is 9.47 Å². The average molecular weight is 281 g/mol. The zero-order valence-corrected chi connectivity index (χ0v) is 11.4. The van der Waals surface area contributed by atoms with Crippen LogP contribution in [0.15, 0.2) is 11.5 Å². The molecule has 0 radical (unpaired) electrons. The van der Waals surface area contributed by atoms with E-state index in [4.69, 9.17) is 9.47 Å². The van der Waals surface area contributed by atoms with Gasteiger partial charge in [-0.1, -0.05) is 0 Å². The van der Waals surface area contributed by atoms with Crippen LogP contribution in [-0.4, -0.2) is 59.9 Å². The molecule has 2 bridgehead atoms. The van der Waals surface area contributed by atoms with Crippen LogP contribution in [0.2, 0.25) is 0 Å². The second-order valence-electron chi connectivity index (χ2n) is 5.99. The topological polar surface area (TPSA) is 68.1 Å². The van der Waals surface area contributed by atoms with Crippen molar-refractivity contribution >= 4 is 0 Å². The van der Waals surface area contributed by atoms with E-state index in [-0.39, 0.29) is 23.0 Å². The van der Waals surface area contributed by atoms with Crippen molar-refractivity contribution in [2.45, 2.75) is 31.6 Å². The van der Waals surface area contributed by atoms with Crippen molar-refractivity contribution in [2.24, 2.45) is 5.92 Å². The number of nitrogens with zero attached hydrogens (tertiary/aromatic N) is 3. The van der Waals surface area contributed by atoms with Crippen molar-refractivity contribution < 1.29 is 14.4 Å². The molecule has 1 unspecified atom stereocenters. The monoisotopic (exact) mass is 281 g/mol. The van der Waals surface area contributed by atoms with Crippen molar-refractivity contribution in [1.29, 1.82) is 0 Å². The second-order valence-corrected chi connectivity index (χ2v) is 5.99. The fourth-order valence-corrected chi connectivity index (χ4v) is 3.82. The molecule has 0 aromatic rings. The SMILES string of the molecule is O=[N+]([O-])C1=C2N(CC3CCOC3)CCN2[C@@H]2CC[C@H]1O2. The summed E-state index contributed by atoms with van der Waals surface area (Å²) in [5.74, 6) is 1.32. The molecule has 0 N–H and O–H groups in total. The van der Waals surface area contributed by atoms with Gasteiger partial charge in [0.05, 0.1) is 11.5 Å². The summed E-state index contributed by atoms with van der Waals surface area (Å²) in [4.78, 5) is 15.5. The molecule has 4 heterocycles. The molecule has 0 amide bonds. The molecule has 4 aliphatic heterocycles. The Balaban J connectivity index is 1.64. The lowest BCUT2D eigenvalue weighted by Crippen LogP contribution is -2.42. The smallest absolute Gasteiger partial charge is 0.314 e. The Morgan fingerprint density at radius 3 is 2.95 bits per heavy atom. The van der Waals surface area contributed by atoms with Crippen LogP contribution in [0, 0.1) is 16.0 Å². The van der Waals surface area contributed by atoms with Gasteiger partial charge in [-0.25, -0.2) is 0 Å². The van der Waals surface area contributed by atoms with Crippen molar-refractivity contribution in [1.82, 2.24) is 9.80 Å². The fourth-order valence-electron chi connectivity index (χ4n) is 3.82. The Kier molecular flexibility index (Phi) is 2.85. The number of fused-ring (bicyclic) bond motifs is 4. The predicted molar refractivity (Wildman–Crippen MR) is 69.1 cm³/mol.